The second kappa shape index (κ2) is 8.18. The molecular formula is C26H21N3O. The molecule has 1 aromatic heterocycles. The molecule has 30 heavy (non-hydrogen) atoms. The average molecular weight is 391 g/mol. The summed E-state index contributed by atoms with van der Waals surface area (Å²) in [7, 11) is 0. The Morgan fingerprint density at radius 2 is 1.50 bits per heavy atom. The van der Waals surface area contributed by atoms with Gasteiger partial charge in [-0.1, -0.05) is 77.9 Å². The van der Waals surface area contributed by atoms with E-state index >= 15 is 0 Å². The molecule has 0 bridgehead atoms. The summed E-state index contributed by atoms with van der Waals surface area (Å²) in [4.78, 5) is 18.3. The largest absolute Gasteiger partial charge is 0.287 e. The number of nitrogens with zero attached hydrogens (tertiary/aromatic N) is 3. The molecular weight excluding hydrogens is 370 g/mol. The summed E-state index contributed by atoms with van der Waals surface area (Å²) in [6, 6.07) is 27.5. The first kappa shape index (κ1) is 19.4. The van der Waals surface area contributed by atoms with E-state index in [9.17, 15) is 10.1 Å². The lowest BCUT2D eigenvalue weighted by molar-refractivity contribution is 0.746. The van der Waals surface area contributed by atoms with Crippen molar-refractivity contribution >= 4 is 0 Å². The summed E-state index contributed by atoms with van der Waals surface area (Å²) in [6.07, 6.45) is 0. The molecule has 0 amide bonds. The molecule has 4 rings (SSSR count). The van der Waals surface area contributed by atoms with Crippen molar-refractivity contribution < 1.29 is 0 Å². The number of aromatic nitrogens is 2. The van der Waals surface area contributed by atoms with Crippen LogP contribution in [0.3, 0.4) is 0 Å². The van der Waals surface area contributed by atoms with Crippen molar-refractivity contribution in [3.63, 3.8) is 0 Å². The van der Waals surface area contributed by atoms with E-state index in [1.807, 2.05) is 92.7 Å². The van der Waals surface area contributed by atoms with Gasteiger partial charge >= 0.3 is 0 Å². The molecule has 0 aliphatic rings. The Labute approximate surface area is 175 Å². The Balaban J connectivity index is 2.02. The summed E-state index contributed by atoms with van der Waals surface area (Å²) < 4.78 is 1.60. The fraction of sp³-hybridized carbons (Fsp3) is 0.115. The van der Waals surface area contributed by atoms with Crippen LogP contribution in [0.5, 0.6) is 0 Å². The Bertz CT molecular complexity index is 1310. The molecule has 0 saturated carbocycles. The SMILES string of the molecule is Cc1cccc(-c2nc(-c3cccc(C)c3)n(Cc3ccccc3)c(=O)c2C#N)c1. The van der Waals surface area contributed by atoms with Crippen LogP contribution in [-0.4, -0.2) is 9.55 Å². The van der Waals surface area contributed by atoms with Crippen LogP contribution in [0, 0.1) is 25.2 Å². The monoisotopic (exact) mass is 391 g/mol. The summed E-state index contributed by atoms with van der Waals surface area (Å²) >= 11 is 0. The van der Waals surface area contributed by atoms with Gasteiger partial charge in [0.05, 0.1) is 12.2 Å². The van der Waals surface area contributed by atoms with Crippen LogP contribution in [0.15, 0.2) is 83.7 Å². The Hall–Kier alpha value is -3.97. The van der Waals surface area contributed by atoms with Crippen LogP contribution >= 0.6 is 0 Å². The zero-order valence-electron chi connectivity index (χ0n) is 17.0. The zero-order chi connectivity index (χ0) is 21.1. The zero-order valence-corrected chi connectivity index (χ0v) is 17.0. The Kier molecular flexibility index (Phi) is 5.28. The van der Waals surface area contributed by atoms with Gasteiger partial charge in [-0.05, 0) is 31.5 Å². The van der Waals surface area contributed by atoms with Gasteiger partial charge in [-0.25, -0.2) is 4.98 Å². The highest BCUT2D eigenvalue weighted by Crippen LogP contribution is 2.25. The molecule has 0 radical (unpaired) electrons. The molecule has 0 unspecified atom stereocenters. The second-order valence-electron chi connectivity index (χ2n) is 7.39. The minimum absolute atomic E-state index is 0.0629. The molecule has 0 saturated heterocycles. The lowest BCUT2D eigenvalue weighted by Gasteiger charge is -2.16. The van der Waals surface area contributed by atoms with Crippen molar-refractivity contribution in [3.05, 3.63) is 111 Å². The van der Waals surface area contributed by atoms with Crippen molar-refractivity contribution in [1.82, 2.24) is 9.55 Å². The first-order valence-electron chi connectivity index (χ1n) is 9.80. The van der Waals surface area contributed by atoms with Crippen LogP contribution in [-0.2, 0) is 6.54 Å². The standard InChI is InChI=1S/C26H21N3O/c1-18-8-6-12-21(14-18)24-23(16-27)26(30)29(17-20-10-4-3-5-11-20)25(28-24)22-13-7-9-19(2)15-22/h3-15H,17H2,1-2H3. The molecule has 0 fully saturated rings. The number of hydrogen-bond acceptors (Lipinski definition) is 3. The third kappa shape index (κ3) is 3.78. The summed E-state index contributed by atoms with van der Waals surface area (Å²) in [5, 5.41) is 9.82. The molecule has 146 valence electrons. The summed E-state index contributed by atoms with van der Waals surface area (Å²) in [5.41, 5.74) is 4.87. The molecule has 0 aliphatic carbocycles. The van der Waals surface area contributed by atoms with Crippen molar-refractivity contribution in [1.29, 1.82) is 5.26 Å². The third-order valence-corrected chi connectivity index (χ3v) is 5.03. The molecule has 0 aliphatic heterocycles. The minimum Gasteiger partial charge on any atom is -0.287 e. The van der Waals surface area contributed by atoms with Gasteiger partial charge in [0.1, 0.15) is 17.5 Å². The molecule has 0 spiro atoms. The maximum Gasteiger partial charge on any atom is 0.272 e. The van der Waals surface area contributed by atoms with Gasteiger partial charge in [-0.3, -0.25) is 9.36 Å². The first-order chi connectivity index (χ1) is 14.6. The number of nitriles is 1. The highest BCUT2D eigenvalue weighted by molar-refractivity contribution is 5.70. The maximum atomic E-state index is 13.5. The van der Waals surface area contributed by atoms with Gasteiger partial charge in [0.2, 0.25) is 0 Å². The minimum atomic E-state index is -0.329. The van der Waals surface area contributed by atoms with Crippen LogP contribution < -0.4 is 5.56 Å². The van der Waals surface area contributed by atoms with E-state index in [2.05, 4.69) is 6.07 Å². The van der Waals surface area contributed by atoms with Crippen molar-refractivity contribution in [2.45, 2.75) is 20.4 Å². The van der Waals surface area contributed by atoms with Crippen LogP contribution in [0.1, 0.15) is 22.3 Å². The molecule has 4 aromatic rings. The molecule has 4 nitrogen and oxygen atoms in total. The number of rotatable bonds is 4. The number of aryl methyl sites for hydroxylation is 2. The van der Waals surface area contributed by atoms with Gasteiger partial charge in [0.25, 0.3) is 5.56 Å². The van der Waals surface area contributed by atoms with E-state index in [0.29, 0.717) is 18.1 Å². The van der Waals surface area contributed by atoms with Crippen LogP contribution in [0.25, 0.3) is 22.6 Å². The van der Waals surface area contributed by atoms with Crippen LogP contribution in [0.2, 0.25) is 0 Å². The molecule has 0 N–H and O–H groups in total. The maximum absolute atomic E-state index is 13.5. The van der Waals surface area contributed by atoms with E-state index in [-0.39, 0.29) is 11.1 Å². The predicted molar refractivity (Wildman–Crippen MR) is 119 cm³/mol. The third-order valence-electron chi connectivity index (χ3n) is 5.03. The molecule has 0 atom stereocenters. The lowest BCUT2D eigenvalue weighted by atomic mass is 10.0. The first-order valence-corrected chi connectivity index (χ1v) is 9.80. The van der Waals surface area contributed by atoms with Gasteiger partial charge in [-0.15, -0.1) is 0 Å². The molecule has 4 heteroatoms. The topological polar surface area (TPSA) is 58.7 Å². The van der Waals surface area contributed by atoms with Gasteiger partial charge in [-0.2, -0.15) is 5.26 Å². The van der Waals surface area contributed by atoms with E-state index in [0.717, 1.165) is 27.8 Å². The highest BCUT2D eigenvalue weighted by atomic mass is 16.1. The fourth-order valence-corrected chi connectivity index (χ4v) is 3.57. The second-order valence-corrected chi connectivity index (χ2v) is 7.39. The van der Waals surface area contributed by atoms with E-state index < -0.39 is 0 Å². The van der Waals surface area contributed by atoms with Crippen LogP contribution in [0.4, 0.5) is 0 Å². The molecule has 3 aromatic carbocycles. The fourth-order valence-electron chi connectivity index (χ4n) is 3.57. The summed E-state index contributed by atoms with van der Waals surface area (Å²) in [6.45, 7) is 4.33. The highest BCUT2D eigenvalue weighted by Gasteiger charge is 2.19. The van der Waals surface area contributed by atoms with Crippen molar-refractivity contribution in [2.75, 3.05) is 0 Å². The lowest BCUT2D eigenvalue weighted by Crippen LogP contribution is -2.27. The Morgan fingerprint density at radius 1 is 0.867 bits per heavy atom. The number of benzene rings is 3. The van der Waals surface area contributed by atoms with Gasteiger partial charge in [0.15, 0.2) is 0 Å². The van der Waals surface area contributed by atoms with Crippen molar-refractivity contribution in [2.24, 2.45) is 0 Å². The van der Waals surface area contributed by atoms with Crippen molar-refractivity contribution in [3.8, 4) is 28.7 Å². The number of hydrogen-bond donors (Lipinski definition) is 0. The Morgan fingerprint density at radius 3 is 2.13 bits per heavy atom. The quantitative estimate of drug-likeness (QED) is 0.485. The van der Waals surface area contributed by atoms with E-state index in [1.54, 1.807) is 4.57 Å². The molecule has 1 heterocycles. The van der Waals surface area contributed by atoms with E-state index in [1.165, 1.54) is 0 Å². The smallest absolute Gasteiger partial charge is 0.272 e. The van der Waals surface area contributed by atoms with E-state index in [4.69, 9.17) is 4.98 Å². The summed E-state index contributed by atoms with van der Waals surface area (Å²) in [5.74, 6) is 0.558. The predicted octanol–water partition coefficient (Wildman–Crippen LogP) is 5.11. The normalized spacial score (nSPS) is 10.6. The van der Waals surface area contributed by atoms with Gasteiger partial charge in [0, 0.05) is 11.1 Å². The average Bonchev–Trinajstić information content (AvgIpc) is 2.75. The van der Waals surface area contributed by atoms with Gasteiger partial charge < -0.3 is 0 Å².